The minimum absolute atomic E-state index is 0.143. The van der Waals surface area contributed by atoms with Crippen LogP contribution in [0.25, 0.3) is 0 Å². The van der Waals surface area contributed by atoms with E-state index >= 15 is 0 Å². The predicted molar refractivity (Wildman–Crippen MR) is 66.0 cm³/mol. The second kappa shape index (κ2) is 6.56. The number of anilines is 1. The molecule has 0 saturated heterocycles. The second-order valence-electron chi connectivity index (χ2n) is 3.53. The minimum Gasteiger partial charge on any atom is -0.329 e. The van der Waals surface area contributed by atoms with Crippen molar-refractivity contribution in [3.63, 3.8) is 0 Å². The number of carbonyl (C=O) groups is 1. The molecular weight excluding hydrogens is 246 g/mol. The molecule has 0 spiro atoms. The van der Waals surface area contributed by atoms with Gasteiger partial charge in [-0.05, 0) is 12.1 Å². The normalized spacial score (nSPS) is 12.2. The molecule has 94 valence electrons. The number of halogens is 2. The zero-order chi connectivity index (χ0) is 12.8. The number of benzene rings is 1. The van der Waals surface area contributed by atoms with Gasteiger partial charge in [-0.3, -0.25) is 4.79 Å². The lowest BCUT2D eigenvalue weighted by molar-refractivity contribution is -0.113. The maximum atomic E-state index is 13.2. The molecule has 0 aromatic heterocycles. The van der Waals surface area contributed by atoms with Crippen LogP contribution in [0.1, 0.15) is 6.92 Å². The summed E-state index contributed by atoms with van der Waals surface area (Å²) in [6.07, 6.45) is 0. The lowest BCUT2D eigenvalue weighted by Gasteiger charge is -2.09. The van der Waals surface area contributed by atoms with E-state index in [-0.39, 0.29) is 22.6 Å². The molecular formula is C11H14F2N2OS. The Hall–Kier alpha value is -1.14. The number of nitrogens with two attached hydrogens (primary N) is 1. The van der Waals surface area contributed by atoms with Crippen LogP contribution in [0.2, 0.25) is 0 Å². The summed E-state index contributed by atoms with van der Waals surface area (Å²) in [6, 6.07) is 2.92. The van der Waals surface area contributed by atoms with E-state index in [1.165, 1.54) is 11.8 Å². The SMILES string of the molecule is CC(CN)SCC(=O)Nc1cc(F)ccc1F. The topological polar surface area (TPSA) is 55.1 Å². The number of nitrogens with one attached hydrogen (secondary N) is 1. The maximum absolute atomic E-state index is 13.2. The fraction of sp³-hybridized carbons (Fsp3) is 0.364. The largest absolute Gasteiger partial charge is 0.329 e. The summed E-state index contributed by atoms with van der Waals surface area (Å²) in [5, 5.41) is 2.47. The fourth-order valence-electron chi connectivity index (χ4n) is 1.07. The van der Waals surface area contributed by atoms with Crippen LogP contribution in [0.5, 0.6) is 0 Å². The molecule has 0 aliphatic rings. The lowest BCUT2D eigenvalue weighted by atomic mass is 10.3. The molecule has 0 aliphatic carbocycles. The quantitative estimate of drug-likeness (QED) is 0.851. The molecule has 0 bridgehead atoms. The smallest absolute Gasteiger partial charge is 0.234 e. The average molecular weight is 260 g/mol. The fourth-order valence-corrected chi connectivity index (χ4v) is 1.71. The predicted octanol–water partition coefficient (Wildman–Crippen LogP) is 1.98. The number of amides is 1. The van der Waals surface area contributed by atoms with E-state index in [4.69, 9.17) is 5.73 Å². The van der Waals surface area contributed by atoms with E-state index in [0.29, 0.717) is 6.54 Å². The molecule has 1 aromatic carbocycles. The summed E-state index contributed by atoms with van der Waals surface area (Å²) in [7, 11) is 0. The van der Waals surface area contributed by atoms with Gasteiger partial charge in [-0.2, -0.15) is 0 Å². The lowest BCUT2D eigenvalue weighted by Crippen LogP contribution is -2.19. The highest BCUT2D eigenvalue weighted by Gasteiger charge is 2.09. The highest BCUT2D eigenvalue weighted by Crippen LogP contribution is 2.16. The van der Waals surface area contributed by atoms with E-state index in [2.05, 4.69) is 5.32 Å². The van der Waals surface area contributed by atoms with Crippen molar-refractivity contribution in [2.24, 2.45) is 5.73 Å². The van der Waals surface area contributed by atoms with Crippen molar-refractivity contribution in [3.05, 3.63) is 29.8 Å². The van der Waals surface area contributed by atoms with Gasteiger partial charge in [0.05, 0.1) is 11.4 Å². The molecule has 0 radical (unpaired) electrons. The minimum atomic E-state index is -0.656. The van der Waals surface area contributed by atoms with Crippen molar-refractivity contribution in [2.45, 2.75) is 12.2 Å². The van der Waals surface area contributed by atoms with Gasteiger partial charge in [0.1, 0.15) is 11.6 Å². The molecule has 3 nitrogen and oxygen atoms in total. The van der Waals surface area contributed by atoms with E-state index in [0.717, 1.165) is 18.2 Å². The molecule has 1 rings (SSSR count). The highest BCUT2D eigenvalue weighted by molar-refractivity contribution is 8.00. The molecule has 1 atom stereocenters. The van der Waals surface area contributed by atoms with Crippen LogP contribution < -0.4 is 11.1 Å². The molecule has 6 heteroatoms. The van der Waals surface area contributed by atoms with Gasteiger partial charge in [0, 0.05) is 17.9 Å². The third kappa shape index (κ3) is 4.70. The number of hydrogen-bond donors (Lipinski definition) is 2. The van der Waals surface area contributed by atoms with Crippen LogP contribution in [0.15, 0.2) is 18.2 Å². The third-order valence-corrected chi connectivity index (χ3v) is 3.22. The molecule has 1 unspecified atom stereocenters. The molecule has 17 heavy (non-hydrogen) atoms. The standard InChI is InChI=1S/C11H14F2N2OS/c1-7(5-14)17-6-11(16)15-10-4-8(12)2-3-9(10)13/h2-4,7H,5-6,14H2,1H3,(H,15,16). The summed E-state index contributed by atoms with van der Waals surface area (Å²) < 4.78 is 26.0. The van der Waals surface area contributed by atoms with Crippen LogP contribution in [0.3, 0.4) is 0 Å². The molecule has 0 saturated carbocycles. The van der Waals surface area contributed by atoms with E-state index in [1.54, 1.807) is 0 Å². The first-order chi connectivity index (χ1) is 8.02. The maximum Gasteiger partial charge on any atom is 0.234 e. The molecule has 0 fully saturated rings. The Morgan fingerprint density at radius 2 is 2.24 bits per heavy atom. The number of rotatable bonds is 5. The van der Waals surface area contributed by atoms with Crippen molar-refractivity contribution in [2.75, 3.05) is 17.6 Å². The van der Waals surface area contributed by atoms with Crippen LogP contribution in [-0.4, -0.2) is 23.5 Å². The van der Waals surface area contributed by atoms with Gasteiger partial charge in [-0.15, -0.1) is 11.8 Å². The van der Waals surface area contributed by atoms with Gasteiger partial charge in [-0.1, -0.05) is 6.92 Å². The van der Waals surface area contributed by atoms with Crippen LogP contribution in [-0.2, 0) is 4.79 Å². The van der Waals surface area contributed by atoms with Crippen LogP contribution in [0, 0.1) is 11.6 Å². The molecule has 3 N–H and O–H groups in total. The van der Waals surface area contributed by atoms with Gasteiger partial charge in [0.15, 0.2) is 0 Å². The number of thioether (sulfide) groups is 1. The zero-order valence-corrected chi connectivity index (χ0v) is 10.2. The first-order valence-corrected chi connectivity index (χ1v) is 6.14. The number of hydrogen-bond acceptors (Lipinski definition) is 3. The summed E-state index contributed by atoms with van der Waals surface area (Å²) >= 11 is 1.36. The van der Waals surface area contributed by atoms with Crippen LogP contribution in [0.4, 0.5) is 14.5 Å². The summed E-state index contributed by atoms with van der Waals surface area (Å²) in [5.74, 6) is -1.46. The molecule has 0 aliphatic heterocycles. The molecule has 1 amide bonds. The Balaban J connectivity index is 2.53. The Morgan fingerprint density at radius 1 is 1.53 bits per heavy atom. The van der Waals surface area contributed by atoms with Crippen molar-refractivity contribution in [3.8, 4) is 0 Å². The van der Waals surface area contributed by atoms with Gasteiger partial charge < -0.3 is 11.1 Å². The third-order valence-electron chi connectivity index (χ3n) is 2.03. The van der Waals surface area contributed by atoms with Gasteiger partial charge >= 0.3 is 0 Å². The Kier molecular flexibility index (Phi) is 5.37. The first kappa shape index (κ1) is 13.9. The van der Waals surface area contributed by atoms with Crippen molar-refractivity contribution in [1.29, 1.82) is 0 Å². The average Bonchev–Trinajstić information content (AvgIpc) is 2.30. The summed E-state index contributed by atoms with van der Waals surface area (Å²) in [6.45, 7) is 2.35. The Bertz CT molecular complexity index is 401. The summed E-state index contributed by atoms with van der Waals surface area (Å²) in [5.41, 5.74) is 5.25. The van der Waals surface area contributed by atoms with Crippen molar-refractivity contribution in [1.82, 2.24) is 0 Å². The Morgan fingerprint density at radius 3 is 2.88 bits per heavy atom. The monoisotopic (exact) mass is 260 g/mol. The second-order valence-corrected chi connectivity index (χ2v) is 4.96. The van der Waals surface area contributed by atoms with Gasteiger partial charge in [0.25, 0.3) is 0 Å². The Labute approximate surface area is 103 Å². The van der Waals surface area contributed by atoms with E-state index in [9.17, 15) is 13.6 Å². The van der Waals surface area contributed by atoms with Crippen LogP contribution >= 0.6 is 11.8 Å². The van der Waals surface area contributed by atoms with E-state index < -0.39 is 11.6 Å². The summed E-state index contributed by atoms with van der Waals surface area (Å²) in [4.78, 5) is 11.4. The van der Waals surface area contributed by atoms with Crippen molar-refractivity contribution >= 4 is 23.4 Å². The highest BCUT2D eigenvalue weighted by atomic mass is 32.2. The number of carbonyl (C=O) groups excluding carboxylic acids is 1. The molecule has 1 aromatic rings. The van der Waals surface area contributed by atoms with Gasteiger partial charge in [-0.25, -0.2) is 8.78 Å². The van der Waals surface area contributed by atoms with E-state index in [1.807, 2.05) is 6.92 Å². The zero-order valence-electron chi connectivity index (χ0n) is 9.37. The van der Waals surface area contributed by atoms with Crippen molar-refractivity contribution < 1.29 is 13.6 Å². The molecule has 0 heterocycles. The van der Waals surface area contributed by atoms with Gasteiger partial charge in [0.2, 0.25) is 5.91 Å². The first-order valence-electron chi connectivity index (χ1n) is 5.09.